The Morgan fingerprint density at radius 1 is 1.39 bits per heavy atom. The molecular formula is C11H18N6O. The molecule has 2 heterocycles. The van der Waals surface area contributed by atoms with Crippen LogP contribution in [0.4, 0.5) is 5.95 Å². The van der Waals surface area contributed by atoms with Crippen LogP contribution in [0.15, 0.2) is 10.7 Å². The lowest BCUT2D eigenvalue weighted by molar-refractivity contribution is 0.363. The monoisotopic (exact) mass is 250 g/mol. The molecule has 0 bridgehead atoms. The third-order valence-electron chi connectivity index (χ3n) is 2.61. The van der Waals surface area contributed by atoms with E-state index < -0.39 is 0 Å². The van der Waals surface area contributed by atoms with Gasteiger partial charge in [-0.3, -0.25) is 0 Å². The largest absolute Gasteiger partial charge is 0.348 e. The number of aryl methyl sites for hydroxylation is 1. The van der Waals surface area contributed by atoms with Gasteiger partial charge in [0.05, 0.1) is 18.4 Å². The standard InChI is InChI=1S/C11H18N6O/c1-8-14-10(18-15-8)7-12-5-9-6-13-11(16(2)3)17(9)4/h6,12H,5,7H2,1-4H3. The zero-order valence-electron chi connectivity index (χ0n) is 11.1. The Morgan fingerprint density at radius 2 is 2.17 bits per heavy atom. The van der Waals surface area contributed by atoms with Crippen LogP contribution in [-0.2, 0) is 20.1 Å². The summed E-state index contributed by atoms with van der Waals surface area (Å²) in [5.41, 5.74) is 1.11. The maximum atomic E-state index is 5.02. The summed E-state index contributed by atoms with van der Waals surface area (Å²) < 4.78 is 7.07. The average molecular weight is 250 g/mol. The zero-order valence-corrected chi connectivity index (χ0v) is 11.1. The maximum absolute atomic E-state index is 5.02. The van der Waals surface area contributed by atoms with Gasteiger partial charge in [0.1, 0.15) is 0 Å². The normalized spacial score (nSPS) is 10.9. The fraction of sp³-hybridized carbons (Fsp3) is 0.545. The average Bonchev–Trinajstić information content (AvgIpc) is 2.87. The number of hydrogen-bond donors (Lipinski definition) is 1. The van der Waals surface area contributed by atoms with Gasteiger partial charge in [-0.1, -0.05) is 5.16 Å². The van der Waals surface area contributed by atoms with Crippen LogP contribution in [0.25, 0.3) is 0 Å². The first-order valence-corrected chi connectivity index (χ1v) is 5.75. The first kappa shape index (κ1) is 12.6. The van der Waals surface area contributed by atoms with Gasteiger partial charge in [0.15, 0.2) is 5.82 Å². The van der Waals surface area contributed by atoms with Crippen LogP contribution >= 0.6 is 0 Å². The van der Waals surface area contributed by atoms with E-state index in [4.69, 9.17) is 4.52 Å². The Bertz CT molecular complexity index is 515. The van der Waals surface area contributed by atoms with Gasteiger partial charge < -0.3 is 19.3 Å². The van der Waals surface area contributed by atoms with Gasteiger partial charge in [0.2, 0.25) is 11.8 Å². The highest BCUT2D eigenvalue weighted by Gasteiger charge is 2.08. The van der Waals surface area contributed by atoms with Crippen molar-refractivity contribution in [2.45, 2.75) is 20.0 Å². The SMILES string of the molecule is Cc1noc(CNCc2cnc(N(C)C)n2C)n1. The molecule has 0 amide bonds. The Kier molecular flexibility index (Phi) is 3.61. The van der Waals surface area contributed by atoms with Crippen molar-refractivity contribution in [1.82, 2.24) is 25.0 Å². The number of imidazole rings is 1. The fourth-order valence-corrected chi connectivity index (χ4v) is 1.72. The Labute approximate surface area is 106 Å². The summed E-state index contributed by atoms with van der Waals surface area (Å²) in [6.45, 7) is 3.07. The highest BCUT2D eigenvalue weighted by molar-refractivity contribution is 5.30. The molecule has 2 rings (SSSR count). The van der Waals surface area contributed by atoms with Crippen molar-refractivity contribution < 1.29 is 4.52 Å². The zero-order chi connectivity index (χ0) is 13.1. The van der Waals surface area contributed by atoms with Crippen molar-refractivity contribution in [3.63, 3.8) is 0 Å². The molecule has 0 fully saturated rings. The van der Waals surface area contributed by atoms with Gasteiger partial charge >= 0.3 is 0 Å². The molecule has 2 aromatic rings. The Balaban J connectivity index is 1.90. The lowest BCUT2D eigenvalue weighted by atomic mass is 10.4. The van der Waals surface area contributed by atoms with Crippen LogP contribution < -0.4 is 10.2 Å². The molecule has 98 valence electrons. The van der Waals surface area contributed by atoms with Gasteiger partial charge in [-0.05, 0) is 6.92 Å². The smallest absolute Gasteiger partial charge is 0.240 e. The van der Waals surface area contributed by atoms with Crippen LogP contribution in [0, 0.1) is 6.92 Å². The van der Waals surface area contributed by atoms with Crippen molar-refractivity contribution in [1.29, 1.82) is 0 Å². The summed E-state index contributed by atoms with van der Waals surface area (Å²) in [6.07, 6.45) is 1.86. The molecule has 18 heavy (non-hydrogen) atoms. The van der Waals surface area contributed by atoms with Gasteiger partial charge in [-0.25, -0.2) is 4.98 Å². The highest BCUT2D eigenvalue weighted by Crippen LogP contribution is 2.10. The second-order valence-electron chi connectivity index (χ2n) is 4.34. The van der Waals surface area contributed by atoms with Crippen molar-refractivity contribution >= 4 is 5.95 Å². The lowest BCUT2D eigenvalue weighted by Gasteiger charge is -2.12. The van der Waals surface area contributed by atoms with Crippen LogP contribution in [0.5, 0.6) is 0 Å². The van der Waals surface area contributed by atoms with Gasteiger partial charge in [0, 0.05) is 27.7 Å². The molecule has 2 aromatic heterocycles. The third-order valence-corrected chi connectivity index (χ3v) is 2.61. The number of aromatic nitrogens is 4. The predicted octanol–water partition coefficient (Wildman–Crippen LogP) is 0.467. The lowest BCUT2D eigenvalue weighted by Crippen LogP contribution is -2.18. The molecule has 0 atom stereocenters. The molecule has 0 radical (unpaired) electrons. The summed E-state index contributed by atoms with van der Waals surface area (Å²) in [6, 6.07) is 0. The number of anilines is 1. The molecule has 1 N–H and O–H groups in total. The van der Waals surface area contributed by atoms with E-state index in [1.54, 1.807) is 6.92 Å². The van der Waals surface area contributed by atoms with E-state index in [-0.39, 0.29) is 0 Å². The second-order valence-corrected chi connectivity index (χ2v) is 4.34. The van der Waals surface area contributed by atoms with Crippen LogP contribution in [0.1, 0.15) is 17.4 Å². The molecule has 0 aliphatic carbocycles. The third kappa shape index (κ3) is 2.67. The molecule has 0 saturated heterocycles. The van der Waals surface area contributed by atoms with Gasteiger partial charge in [0.25, 0.3) is 0 Å². The van der Waals surface area contributed by atoms with Crippen molar-refractivity contribution in [3.8, 4) is 0 Å². The highest BCUT2D eigenvalue weighted by atomic mass is 16.5. The minimum Gasteiger partial charge on any atom is -0.348 e. The van der Waals surface area contributed by atoms with Gasteiger partial charge in [-0.2, -0.15) is 4.98 Å². The number of nitrogens with one attached hydrogen (secondary N) is 1. The fourth-order valence-electron chi connectivity index (χ4n) is 1.72. The predicted molar refractivity (Wildman–Crippen MR) is 67.1 cm³/mol. The van der Waals surface area contributed by atoms with Crippen molar-refractivity contribution in [3.05, 3.63) is 23.6 Å². The quantitative estimate of drug-likeness (QED) is 0.831. The van der Waals surface area contributed by atoms with E-state index in [1.165, 1.54) is 0 Å². The minimum atomic E-state index is 0.559. The maximum Gasteiger partial charge on any atom is 0.240 e. The molecule has 0 aliphatic rings. The topological polar surface area (TPSA) is 72.0 Å². The summed E-state index contributed by atoms with van der Waals surface area (Å²) in [4.78, 5) is 10.4. The Morgan fingerprint density at radius 3 is 2.72 bits per heavy atom. The van der Waals surface area contributed by atoms with Crippen molar-refractivity contribution in [2.24, 2.45) is 7.05 Å². The first-order valence-electron chi connectivity index (χ1n) is 5.75. The van der Waals surface area contributed by atoms with Crippen LogP contribution in [0.3, 0.4) is 0 Å². The summed E-state index contributed by atoms with van der Waals surface area (Å²) in [7, 11) is 5.94. The van der Waals surface area contributed by atoms with E-state index >= 15 is 0 Å². The number of nitrogens with zero attached hydrogens (tertiary/aromatic N) is 5. The molecular weight excluding hydrogens is 232 g/mol. The number of hydrogen-bond acceptors (Lipinski definition) is 6. The molecule has 0 aliphatic heterocycles. The van der Waals surface area contributed by atoms with E-state index in [1.807, 2.05) is 36.8 Å². The summed E-state index contributed by atoms with van der Waals surface area (Å²) >= 11 is 0. The summed E-state index contributed by atoms with van der Waals surface area (Å²) in [5.74, 6) is 2.19. The molecule has 0 spiro atoms. The van der Waals surface area contributed by atoms with Gasteiger partial charge in [-0.15, -0.1) is 0 Å². The first-order chi connectivity index (χ1) is 8.58. The Hall–Kier alpha value is -1.89. The minimum absolute atomic E-state index is 0.559. The number of rotatable bonds is 5. The van der Waals surface area contributed by atoms with Crippen LogP contribution in [0.2, 0.25) is 0 Å². The summed E-state index contributed by atoms with van der Waals surface area (Å²) in [5, 5.41) is 6.99. The second kappa shape index (κ2) is 5.18. The van der Waals surface area contributed by atoms with E-state index in [2.05, 4.69) is 20.4 Å². The molecule has 0 aromatic carbocycles. The molecule has 7 nitrogen and oxygen atoms in total. The molecule has 0 unspecified atom stereocenters. The van der Waals surface area contributed by atoms with Crippen molar-refractivity contribution in [2.75, 3.05) is 19.0 Å². The molecule has 0 saturated carbocycles. The van der Waals surface area contributed by atoms with E-state index in [0.717, 1.165) is 11.6 Å². The van der Waals surface area contributed by atoms with E-state index in [0.29, 0.717) is 24.8 Å². The van der Waals surface area contributed by atoms with E-state index in [9.17, 15) is 0 Å². The molecule has 7 heteroatoms. The van der Waals surface area contributed by atoms with Crippen LogP contribution in [-0.4, -0.2) is 33.8 Å².